The molecular weight excluding hydrogens is 248 g/mol. The summed E-state index contributed by atoms with van der Waals surface area (Å²) in [5, 5.41) is 19.7. The Labute approximate surface area is 112 Å². The van der Waals surface area contributed by atoms with Crippen LogP contribution in [0.1, 0.15) is 18.9 Å². The molecule has 0 amide bonds. The maximum Gasteiger partial charge on any atom is 0.270 e. The molecular formula is C13H20N2O4. The first kappa shape index (κ1) is 15.4. The van der Waals surface area contributed by atoms with Gasteiger partial charge in [-0.25, -0.2) is 0 Å². The highest BCUT2D eigenvalue weighted by molar-refractivity contribution is 5.43. The molecule has 0 unspecified atom stereocenters. The van der Waals surface area contributed by atoms with E-state index in [-0.39, 0.29) is 12.3 Å². The maximum atomic E-state index is 10.8. The van der Waals surface area contributed by atoms with Crippen LogP contribution >= 0.6 is 0 Å². The van der Waals surface area contributed by atoms with E-state index in [1.54, 1.807) is 19.2 Å². The van der Waals surface area contributed by atoms with Crippen molar-refractivity contribution in [3.05, 3.63) is 33.9 Å². The first-order valence-electron chi connectivity index (χ1n) is 6.26. The fourth-order valence-electron chi connectivity index (χ4n) is 1.89. The van der Waals surface area contributed by atoms with E-state index in [2.05, 4.69) is 4.90 Å². The number of nitro groups is 1. The number of nitrogens with zero attached hydrogens (tertiary/aromatic N) is 2. The monoisotopic (exact) mass is 268 g/mol. The molecule has 0 aliphatic rings. The molecule has 6 heteroatoms. The smallest absolute Gasteiger partial charge is 0.270 e. The van der Waals surface area contributed by atoms with Crippen molar-refractivity contribution >= 4 is 5.69 Å². The van der Waals surface area contributed by atoms with E-state index in [0.717, 1.165) is 18.7 Å². The minimum atomic E-state index is -0.410. The largest absolute Gasteiger partial charge is 0.496 e. The maximum absolute atomic E-state index is 10.8. The van der Waals surface area contributed by atoms with E-state index in [4.69, 9.17) is 9.84 Å². The molecule has 1 aromatic carbocycles. The number of hydrogen-bond acceptors (Lipinski definition) is 5. The molecule has 0 atom stereocenters. The lowest BCUT2D eigenvalue weighted by atomic mass is 10.1. The lowest BCUT2D eigenvalue weighted by Crippen LogP contribution is -2.25. The van der Waals surface area contributed by atoms with Gasteiger partial charge in [0.25, 0.3) is 5.69 Å². The van der Waals surface area contributed by atoms with Gasteiger partial charge in [0.1, 0.15) is 5.75 Å². The number of benzene rings is 1. The van der Waals surface area contributed by atoms with Crippen LogP contribution in [-0.4, -0.2) is 41.7 Å². The topological polar surface area (TPSA) is 75.8 Å². The second-order valence-corrected chi connectivity index (χ2v) is 4.20. The summed E-state index contributed by atoms with van der Waals surface area (Å²) in [6.45, 7) is 4.29. The van der Waals surface area contributed by atoms with Gasteiger partial charge in [0.05, 0.1) is 12.0 Å². The standard InChI is InChI=1S/C13H20N2O4/c1-3-14(7-4-8-16)10-11-9-12(15(17)18)5-6-13(11)19-2/h5-6,9,16H,3-4,7-8,10H2,1-2H3. The summed E-state index contributed by atoms with van der Waals surface area (Å²) in [7, 11) is 1.55. The summed E-state index contributed by atoms with van der Waals surface area (Å²) in [5.41, 5.74) is 0.852. The summed E-state index contributed by atoms with van der Waals surface area (Å²) in [6.07, 6.45) is 0.686. The lowest BCUT2D eigenvalue weighted by molar-refractivity contribution is -0.385. The molecule has 0 radical (unpaired) electrons. The minimum Gasteiger partial charge on any atom is -0.496 e. The zero-order chi connectivity index (χ0) is 14.3. The van der Waals surface area contributed by atoms with Crippen LogP contribution in [0.3, 0.4) is 0 Å². The first-order valence-corrected chi connectivity index (χ1v) is 6.26. The molecule has 1 rings (SSSR count). The van der Waals surface area contributed by atoms with E-state index < -0.39 is 4.92 Å². The Morgan fingerprint density at radius 3 is 2.74 bits per heavy atom. The van der Waals surface area contributed by atoms with Crippen LogP contribution in [0.25, 0.3) is 0 Å². The van der Waals surface area contributed by atoms with E-state index in [0.29, 0.717) is 18.7 Å². The Kier molecular flexibility index (Phi) is 6.24. The third-order valence-corrected chi connectivity index (χ3v) is 2.95. The van der Waals surface area contributed by atoms with Crippen LogP contribution in [0, 0.1) is 10.1 Å². The summed E-state index contributed by atoms with van der Waals surface area (Å²) >= 11 is 0. The third-order valence-electron chi connectivity index (χ3n) is 2.95. The minimum absolute atomic E-state index is 0.0639. The van der Waals surface area contributed by atoms with E-state index >= 15 is 0 Å². The van der Waals surface area contributed by atoms with Crippen LogP contribution in [0.15, 0.2) is 18.2 Å². The third kappa shape index (κ3) is 4.50. The highest BCUT2D eigenvalue weighted by Gasteiger charge is 2.13. The second-order valence-electron chi connectivity index (χ2n) is 4.20. The van der Waals surface area contributed by atoms with Gasteiger partial charge in [-0.1, -0.05) is 6.92 Å². The predicted octanol–water partition coefficient (Wildman–Crippen LogP) is 1.81. The van der Waals surface area contributed by atoms with Gasteiger partial charge in [0, 0.05) is 37.4 Å². The normalized spacial score (nSPS) is 10.7. The van der Waals surface area contributed by atoms with Crippen molar-refractivity contribution in [2.24, 2.45) is 0 Å². The molecule has 1 aromatic rings. The Morgan fingerprint density at radius 2 is 2.21 bits per heavy atom. The van der Waals surface area contributed by atoms with E-state index in [9.17, 15) is 10.1 Å². The number of aliphatic hydroxyl groups excluding tert-OH is 1. The molecule has 0 saturated carbocycles. The number of non-ortho nitro benzene ring substituents is 1. The highest BCUT2D eigenvalue weighted by atomic mass is 16.6. The van der Waals surface area contributed by atoms with Gasteiger partial charge in [0.15, 0.2) is 0 Å². The molecule has 0 fully saturated rings. The van der Waals surface area contributed by atoms with Crippen LogP contribution < -0.4 is 4.74 Å². The van der Waals surface area contributed by atoms with Gasteiger partial charge in [-0.05, 0) is 19.0 Å². The van der Waals surface area contributed by atoms with Crippen molar-refractivity contribution in [2.45, 2.75) is 19.9 Å². The van der Waals surface area contributed by atoms with Crippen molar-refractivity contribution in [3.8, 4) is 5.75 Å². The van der Waals surface area contributed by atoms with Crippen molar-refractivity contribution in [3.63, 3.8) is 0 Å². The number of nitro benzene ring substituents is 1. The number of ether oxygens (including phenoxy) is 1. The van der Waals surface area contributed by atoms with Gasteiger partial charge in [-0.15, -0.1) is 0 Å². The number of hydrogen-bond donors (Lipinski definition) is 1. The molecule has 0 heterocycles. The Balaban J connectivity index is 2.89. The molecule has 0 aliphatic carbocycles. The predicted molar refractivity (Wildman–Crippen MR) is 72.3 cm³/mol. The summed E-state index contributed by atoms with van der Waals surface area (Å²) < 4.78 is 5.23. The van der Waals surface area contributed by atoms with Gasteiger partial charge >= 0.3 is 0 Å². The molecule has 0 aliphatic heterocycles. The molecule has 19 heavy (non-hydrogen) atoms. The fourth-order valence-corrected chi connectivity index (χ4v) is 1.89. The van der Waals surface area contributed by atoms with Crippen LogP contribution in [0.2, 0.25) is 0 Å². The summed E-state index contributed by atoms with van der Waals surface area (Å²) in [6, 6.07) is 4.60. The summed E-state index contributed by atoms with van der Waals surface area (Å²) in [5.74, 6) is 0.646. The summed E-state index contributed by atoms with van der Waals surface area (Å²) in [4.78, 5) is 12.5. The quantitative estimate of drug-likeness (QED) is 0.575. The Hall–Kier alpha value is -1.66. The first-order chi connectivity index (χ1) is 9.12. The van der Waals surface area contributed by atoms with E-state index in [1.165, 1.54) is 6.07 Å². The molecule has 0 bridgehead atoms. The van der Waals surface area contributed by atoms with Crippen LogP contribution in [0.4, 0.5) is 5.69 Å². The second kappa shape index (κ2) is 7.70. The average molecular weight is 268 g/mol. The van der Waals surface area contributed by atoms with Crippen LogP contribution in [-0.2, 0) is 6.54 Å². The van der Waals surface area contributed by atoms with E-state index in [1.807, 2.05) is 6.92 Å². The van der Waals surface area contributed by atoms with Crippen molar-refractivity contribution in [2.75, 3.05) is 26.8 Å². The zero-order valence-electron chi connectivity index (χ0n) is 11.3. The van der Waals surface area contributed by atoms with Gasteiger partial charge in [-0.3, -0.25) is 15.0 Å². The number of rotatable bonds is 8. The molecule has 106 valence electrons. The Morgan fingerprint density at radius 1 is 1.47 bits per heavy atom. The molecule has 0 saturated heterocycles. The SMILES string of the molecule is CCN(CCCO)Cc1cc([N+](=O)[O-])ccc1OC. The number of methoxy groups -OCH3 is 1. The van der Waals surface area contributed by atoms with Crippen molar-refractivity contribution in [1.29, 1.82) is 0 Å². The fraction of sp³-hybridized carbons (Fsp3) is 0.538. The zero-order valence-corrected chi connectivity index (χ0v) is 11.3. The molecule has 0 aromatic heterocycles. The molecule has 0 spiro atoms. The van der Waals surface area contributed by atoms with Crippen molar-refractivity contribution in [1.82, 2.24) is 4.90 Å². The van der Waals surface area contributed by atoms with Gasteiger partial charge in [-0.2, -0.15) is 0 Å². The van der Waals surface area contributed by atoms with Crippen LogP contribution in [0.5, 0.6) is 5.75 Å². The lowest BCUT2D eigenvalue weighted by Gasteiger charge is -2.21. The molecule has 1 N–H and O–H groups in total. The number of aliphatic hydroxyl groups is 1. The molecule has 6 nitrogen and oxygen atoms in total. The average Bonchev–Trinajstić information content (AvgIpc) is 2.43. The Bertz CT molecular complexity index is 423. The van der Waals surface area contributed by atoms with Gasteiger partial charge < -0.3 is 9.84 Å². The highest BCUT2D eigenvalue weighted by Crippen LogP contribution is 2.25. The van der Waals surface area contributed by atoms with Crippen molar-refractivity contribution < 1.29 is 14.8 Å². The van der Waals surface area contributed by atoms with Gasteiger partial charge in [0.2, 0.25) is 0 Å².